The topological polar surface area (TPSA) is 59.0 Å². The number of nitrogens with one attached hydrogen (secondary N) is 2. The number of likely N-dealkylation sites (N-methyl/N-ethyl adjacent to an activating group) is 1. The maximum absolute atomic E-state index is 4.58. The third kappa shape index (κ3) is 6.43. The Bertz CT molecular complexity index is 866. The van der Waals surface area contributed by atoms with E-state index in [1.165, 1.54) is 42.6 Å². The molecule has 7 nitrogen and oxygen atoms in total. The van der Waals surface area contributed by atoms with E-state index in [1.807, 2.05) is 13.2 Å². The molecule has 2 aliphatic heterocycles. The van der Waals surface area contributed by atoms with E-state index in [-0.39, 0.29) is 0 Å². The van der Waals surface area contributed by atoms with Gasteiger partial charge in [0.1, 0.15) is 5.82 Å². The smallest absolute Gasteiger partial charge is 0.191 e. The summed E-state index contributed by atoms with van der Waals surface area (Å²) in [6.45, 7) is 9.24. The fourth-order valence-corrected chi connectivity index (χ4v) is 4.33. The third-order valence-electron chi connectivity index (χ3n) is 6.41. The van der Waals surface area contributed by atoms with Gasteiger partial charge in [0.15, 0.2) is 5.96 Å². The van der Waals surface area contributed by atoms with Gasteiger partial charge in [0.2, 0.25) is 0 Å². The third-order valence-corrected chi connectivity index (χ3v) is 6.41. The molecule has 2 aromatic rings. The monoisotopic (exact) mass is 435 g/mol. The zero-order valence-corrected chi connectivity index (χ0v) is 19.6. The van der Waals surface area contributed by atoms with E-state index in [9.17, 15) is 0 Å². The summed E-state index contributed by atoms with van der Waals surface area (Å²) < 4.78 is 0. The molecule has 7 heteroatoms. The minimum atomic E-state index is 0.720. The van der Waals surface area contributed by atoms with Gasteiger partial charge >= 0.3 is 0 Å². The second kappa shape index (κ2) is 11.3. The van der Waals surface area contributed by atoms with Crippen molar-refractivity contribution in [2.24, 2.45) is 4.99 Å². The molecule has 1 aromatic carbocycles. The number of aromatic nitrogens is 1. The zero-order chi connectivity index (χ0) is 22.2. The zero-order valence-electron chi connectivity index (χ0n) is 19.6. The fraction of sp³-hybridized carbons (Fsp3) is 0.520. The number of piperazine rings is 1. The molecule has 2 saturated heterocycles. The molecule has 2 aliphatic rings. The first-order chi connectivity index (χ1) is 15.7. The van der Waals surface area contributed by atoms with Crippen molar-refractivity contribution in [2.75, 3.05) is 58.3 Å². The van der Waals surface area contributed by atoms with E-state index < -0.39 is 0 Å². The Morgan fingerprint density at radius 3 is 2.22 bits per heavy atom. The number of aliphatic imine (C=N–C) groups is 1. The van der Waals surface area contributed by atoms with Gasteiger partial charge in [-0.1, -0.05) is 24.3 Å². The molecule has 3 heterocycles. The highest BCUT2D eigenvalue weighted by molar-refractivity contribution is 5.79. The maximum atomic E-state index is 4.58. The van der Waals surface area contributed by atoms with Gasteiger partial charge < -0.3 is 20.4 Å². The Morgan fingerprint density at radius 1 is 0.875 bits per heavy atom. The van der Waals surface area contributed by atoms with Crippen LogP contribution in [0.15, 0.2) is 47.6 Å². The van der Waals surface area contributed by atoms with Crippen molar-refractivity contribution in [3.8, 4) is 0 Å². The van der Waals surface area contributed by atoms with E-state index in [1.54, 1.807) is 0 Å². The summed E-state index contributed by atoms with van der Waals surface area (Å²) in [6.07, 6.45) is 4.58. The van der Waals surface area contributed by atoms with Crippen molar-refractivity contribution in [3.63, 3.8) is 0 Å². The van der Waals surface area contributed by atoms with E-state index in [2.05, 4.69) is 78.8 Å². The van der Waals surface area contributed by atoms with Gasteiger partial charge in [0, 0.05) is 59.1 Å². The minimum Gasteiger partial charge on any atom is -0.354 e. The lowest BCUT2D eigenvalue weighted by molar-refractivity contribution is 0.312. The Balaban J connectivity index is 1.24. The molecule has 1 aromatic heterocycles. The molecule has 172 valence electrons. The molecule has 32 heavy (non-hydrogen) atoms. The van der Waals surface area contributed by atoms with Gasteiger partial charge in [-0.2, -0.15) is 0 Å². The average molecular weight is 436 g/mol. The number of anilines is 1. The van der Waals surface area contributed by atoms with Crippen LogP contribution in [0.1, 0.15) is 29.5 Å². The SMILES string of the molecule is CN=C(NCc1ccc(CN2CCCC2)cc1)NCc1ccnc(N2CCN(C)CC2)c1. The summed E-state index contributed by atoms with van der Waals surface area (Å²) in [6, 6.07) is 13.2. The first-order valence-electron chi connectivity index (χ1n) is 11.8. The van der Waals surface area contributed by atoms with Crippen LogP contribution in [0.2, 0.25) is 0 Å². The highest BCUT2D eigenvalue weighted by Crippen LogP contribution is 2.15. The standard InChI is InChI=1S/C25H37N7/c1-26-25(28-18-21-5-7-22(8-6-21)20-31-11-3-4-12-31)29-19-23-9-10-27-24(17-23)32-15-13-30(2)14-16-32/h5-10,17H,3-4,11-16,18-20H2,1-2H3,(H2,26,28,29). The van der Waals surface area contributed by atoms with Crippen LogP contribution in [0.5, 0.6) is 0 Å². The lowest BCUT2D eigenvalue weighted by Gasteiger charge is -2.33. The molecule has 2 N–H and O–H groups in total. The maximum Gasteiger partial charge on any atom is 0.191 e. The molecule has 0 amide bonds. The highest BCUT2D eigenvalue weighted by atomic mass is 15.3. The van der Waals surface area contributed by atoms with Crippen LogP contribution in [-0.2, 0) is 19.6 Å². The molecular weight excluding hydrogens is 398 g/mol. The Morgan fingerprint density at radius 2 is 1.53 bits per heavy atom. The number of pyridine rings is 1. The highest BCUT2D eigenvalue weighted by Gasteiger charge is 2.15. The van der Waals surface area contributed by atoms with Crippen LogP contribution < -0.4 is 15.5 Å². The van der Waals surface area contributed by atoms with Gasteiger partial charge in [-0.15, -0.1) is 0 Å². The predicted octanol–water partition coefficient (Wildman–Crippen LogP) is 2.29. The first kappa shape index (κ1) is 22.6. The summed E-state index contributed by atoms with van der Waals surface area (Å²) in [5, 5.41) is 6.86. The van der Waals surface area contributed by atoms with E-state index >= 15 is 0 Å². The summed E-state index contributed by atoms with van der Waals surface area (Å²) in [7, 11) is 3.99. The van der Waals surface area contributed by atoms with Gasteiger partial charge in [0.25, 0.3) is 0 Å². The number of nitrogens with zero attached hydrogens (tertiary/aromatic N) is 5. The number of hydrogen-bond donors (Lipinski definition) is 2. The summed E-state index contributed by atoms with van der Waals surface area (Å²) in [5.41, 5.74) is 3.87. The molecule has 0 radical (unpaired) electrons. The predicted molar refractivity (Wildman–Crippen MR) is 132 cm³/mol. The lowest BCUT2D eigenvalue weighted by atomic mass is 10.1. The van der Waals surface area contributed by atoms with Crippen molar-refractivity contribution in [1.82, 2.24) is 25.4 Å². The fourth-order valence-electron chi connectivity index (χ4n) is 4.33. The first-order valence-corrected chi connectivity index (χ1v) is 11.8. The number of hydrogen-bond acceptors (Lipinski definition) is 5. The molecule has 0 saturated carbocycles. The summed E-state index contributed by atoms with van der Waals surface area (Å²) in [5.74, 6) is 1.87. The van der Waals surface area contributed by atoms with Crippen molar-refractivity contribution < 1.29 is 0 Å². The molecule has 0 bridgehead atoms. The average Bonchev–Trinajstić information content (AvgIpc) is 3.34. The number of benzene rings is 1. The van der Waals surface area contributed by atoms with Crippen LogP contribution in [0.4, 0.5) is 5.82 Å². The Hall–Kier alpha value is -2.64. The second-order valence-electron chi connectivity index (χ2n) is 8.89. The quantitative estimate of drug-likeness (QED) is 0.514. The molecule has 0 unspecified atom stereocenters. The molecule has 0 atom stereocenters. The van der Waals surface area contributed by atoms with Crippen LogP contribution in [0.3, 0.4) is 0 Å². The Kier molecular flexibility index (Phi) is 7.96. The minimum absolute atomic E-state index is 0.720. The second-order valence-corrected chi connectivity index (χ2v) is 8.89. The van der Waals surface area contributed by atoms with E-state index in [0.717, 1.165) is 57.6 Å². The normalized spacial score (nSPS) is 18.2. The molecule has 2 fully saturated rings. The van der Waals surface area contributed by atoms with Crippen LogP contribution in [0, 0.1) is 0 Å². The van der Waals surface area contributed by atoms with Gasteiger partial charge in [-0.05, 0) is 61.8 Å². The van der Waals surface area contributed by atoms with Gasteiger partial charge in [0.05, 0.1) is 0 Å². The largest absolute Gasteiger partial charge is 0.354 e. The van der Waals surface area contributed by atoms with Gasteiger partial charge in [-0.25, -0.2) is 4.98 Å². The molecule has 0 spiro atoms. The van der Waals surface area contributed by atoms with Crippen molar-refractivity contribution >= 4 is 11.8 Å². The van der Waals surface area contributed by atoms with Gasteiger partial charge in [-0.3, -0.25) is 9.89 Å². The number of likely N-dealkylation sites (tertiary alicyclic amines) is 1. The van der Waals surface area contributed by atoms with Crippen LogP contribution in [0.25, 0.3) is 0 Å². The van der Waals surface area contributed by atoms with E-state index in [0.29, 0.717) is 0 Å². The van der Waals surface area contributed by atoms with Crippen molar-refractivity contribution in [3.05, 3.63) is 59.3 Å². The number of rotatable bonds is 7. The molecule has 4 rings (SSSR count). The lowest BCUT2D eigenvalue weighted by Crippen LogP contribution is -2.44. The summed E-state index contributed by atoms with van der Waals surface area (Å²) in [4.78, 5) is 16.2. The molecule has 0 aliphatic carbocycles. The molecular formula is C25H37N7. The van der Waals surface area contributed by atoms with Crippen LogP contribution in [-0.4, -0.2) is 74.1 Å². The Labute approximate surface area is 192 Å². The number of guanidine groups is 1. The van der Waals surface area contributed by atoms with E-state index in [4.69, 9.17) is 0 Å². The van der Waals surface area contributed by atoms with Crippen LogP contribution >= 0.6 is 0 Å². The van der Waals surface area contributed by atoms with Crippen molar-refractivity contribution in [1.29, 1.82) is 0 Å². The van der Waals surface area contributed by atoms with Crippen molar-refractivity contribution in [2.45, 2.75) is 32.5 Å². The summed E-state index contributed by atoms with van der Waals surface area (Å²) >= 11 is 0.